The molecule has 0 radical (unpaired) electrons. The molecule has 1 N–H and O–H groups in total. The number of pyridine rings is 1. The van der Waals surface area contributed by atoms with Crippen LogP contribution in [0.15, 0.2) is 24.5 Å². The van der Waals surface area contributed by atoms with Gasteiger partial charge in [-0.05, 0) is 31.4 Å². The van der Waals surface area contributed by atoms with E-state index in [-0.39, 0.29) is 24.0 Å². The molecule has 0 unspecified atom stereocenters. The second-order valence-corrected chi connectivity index (χ2v) is 7.08. The number of amides is 3. The fourth-order valence-electron chi connectivity index (χ4n) is 4.01. The highest BCUT2D eigenvalue weighted by Gasteiger charge is 2.49. The van der Waals surface area contributed by atoms with Crippen molar-refractivity contribution >= 4 is 23.6 Å². The van der Waals surface area contributed by atoms with Crippen molar-refractivity contribution in [3.63, 3.8) is 0 Å². The van der Waals surface area contributed by atoms with Gasteiger partial charge in [0.1, 0.15) is 0 Å². The summed E-state index contributed by atoms with van der Waals surface area (Å²) in [5.74, 6) is -2.66. The first-order valence-electron chi connectivity index (χ1n) is 9.28. The quantitative estimate of drug-likeness (QED) is 0.760. The smallest absolute Gasteiger partial charge is 0.475 e. The Labute approximate surface area is 164 Å². The summed E-state index contributed by atoms with van der Waals surface area (Å²) >= 11 is 0. The summed E-state index contributed by atoms with van der Waals surface area (Å²) in [6.45, 7) is 2.45. The zero-order valence-corrected chi connectivity index (χ0v) is 15.5. The molecule has 11 heteroatoms. The third-order valence-electron chi connectivity index (χ3n) is 5.28. The van der Waals surface area contributed by atoms with Gasteiger partial charge in [0.25, 0.3) is 0 Å². The highest BCUT2D eigenvalue weighted by Crippen LogP contribution is 2.36. The van der Waals surface area contributed by atoms with Crippen molar-refractivity contribution in [1.82, 2.24) is 14.8 Å². The highest BCUT2D eigenvalue weighted by atomic mass is 19.4. The van der Waals surface area contributed by atoms with Gasteiger partial charge in [0.15, 0.2) is 0 Å². The number of rotatable bonds is 1. The van der Waals surface area contributed by atoms with E-state index in [1.165, 1.54) is 0 Å². The van der Waals surface area contributed by atoms with Gasteiger partial charge in [-0.2, -0.15) is 13.2 Å². The average Bonchev–Trinajstić information content (AvgIpc) is 3.38. The van der Waals surface area contributed by atoms with Crippen molar-refractivity contribution in [3.05, 3.63) is 24.5 Å². The number of carbonyl (C=O) groups excluding carboxylic acids is 2. The van der Waals surface area contributed by atoms with Gasteiger partial charge in [-0.3, -0.25) is 9.78 Å². The third kappa shape index (κ3) is 4.43. The van der Waals surface area contributed by atoms with Crippen molar-refractivity contribution in [2.45, 2.75) is 43.9 Å². The lowest BCUT2D eigenvalue weighted by atomic mass is 10.1. The first kappa shape index (κ1) is 20.9. The Kier molecular flexibility index (Phi) is 5.94. The molecule has 0 aromatic carbocycles. The second-order valence-electron chi connectivity index (χ2n) is 7.08. The minimum absolute atomic E-state index is 0.0146. The van der Waals surface area contributed by atoms with Crippen LogP contribution in [0, 0.1) is 0 Å². The molecular weight excluding hydrogens is 393 g/mol. The van der Waals surface area contributed by atoms with E-state index in [1.54, 1.807) is 12.4 Å². The number of nitrogens with zero attached hydrogens (tertiary/aromatic N) is 4. The number of halogens is 3. The van der Waals surface area contributed by atoms with Crippen molar-refractivity contribution in [1.29, 1.82) is 0 Å². The molecule has 4 rings (SSSR count). The largest absolute Gasteiger partial charge is 0.490 e. The predicted octanol–water partition coefficient (Wildman–Crippen LogP) is 2.11. The van der Waals surface area contributed by atoms with Gasteiger partial charge in [-0.15, -0.1) is 0 Å². The van der Waals surface area contributed by atoms with Crippen LogP contribution in [0.4, 0.5) is 23.7 Å². The molecule has 3 amide bonds. The summed E-state index contributed by atoms with van der Waals surface area (Å²) in [5.41, 5.74) is 0.843. The van der Waals surface area contributed by atoms with Gasteiger partial charge in [0, 0.05) is 32.3 Å². The number of aliphatic carboxylic acids is 1. The summed E-state index contributed by atoms with van der Waals surface area (Å²) in [4.78, 5) is 43.8. The Morgan fingerprint density at radius 2 is 1.79 bits per heavy atom. The minimum atomic E-state index is -5.08. The molecule has 4 heterocycles. The van der Waals surface area contributed by atoms with E-state index in [9.17, 15) is 22.8 Å². The topological polar surface area (TPSA) is 94.1 Å². The average molecular weight is 414 g/mol. The molecule has 1 aromatic rings. The van der Waals surface area contributed by atoms with Crippen LogP contribution in [-0.2, 0) is 9.59 Å². The Balaban J connectivity index is 0.000000298. The van der Waals surface area contributed by atoms with E-state index >= 15 is 0 Å². The maximum atomic E-state index is 12.6. The van der Waals surface area contributed by atoms with Crippen molar-refractivity contribution in [2.75, 3.05) is 24.5 Å². The van der Waals surface area contributed by atoms with Gasteiger partial charge in [0.05, 0.1) is 24.0 Å². The molecule has 3 saturated heterocycles. The summed E-state index contributed by atoms with van der Waals surface area (Å²) in [6.07, 6.45) is 1.82. The van der Waals surface area contributed by atoms with Crippen molar-refractivity contribution in [3.8, 4) is 0 Å². The molecular formula is C18H21F3N4O4. The van der Waals surface area contributed by atoms with E-state index < -0.39 is 12.1 Å². The van der Waals surface area contributed by atoms with Crippen LogP contribution in [0.2, 0.25) is 0 Å². The number of carbonyl (C=O) groups is 3. The summed E-state index contributed by atoms with van der Waals surface area (Å²) in [6, 6.07) is 3.99. The predicted molar refractivity (Wildman–Crippen MR) is 95.1 cm³/mol. The van der Waals surface area contributed by atoms with Crippen LogP contribution < -0.4 is 4.90 Å². The van der Waals surface area contributed by atoms with Crippen LogP contribution in [0.3, 0.4) is 0 Å². The number of hydrogen-bond acceptors (Lipinski definition) is 4. The maximum absolute atomic E-state index is 12.6. The number of urea groups is 1. The zero-order valence-electron chi connectivity index (χ0n) is 15.5. The van der Waals surface area contributed by atoms with Crippen LogP contribution in [0.5, 0.6) is 0 Å². The van der Waals surface area contributed by atoms with Crippen molar-refractivity contribution < 1.29 is 32.7 Å². The SMILES string of the molecule is O=C(N1CCCC1)N1CC[C@H]2[C@H]1CC(=O)N2c1cccnc1.O=C(O)C(F)(F)F. The normalized spacial score (nSPS) is 23.7. The number of fused-ring (bicyclic) bond motifs is 1. The molecule has 8 nitrogen and oxygen atoms in total. The van der Waals surface area contributed by atoms with Gasteiger partial charge in [-0.25, -0.2) is 9.59 Å². The van der Waals surface area contributed by atoms with Crippen LogP contribution >= 0.6 is 0 Å². The molecule has 3 aliphatic rings. The van der Waals surface area contributed by atoms with Crippen LogP contribution in [-0.4, -0.2) is 75.7 Å². The molecule has 0 saturated carbocycles. The number of likely N-dealkylation sites (tertiary alicyclic amines) is 2. The zero-order chi connectivity index (χ0) is 21.2. The number of carboxylic acids is 1. The first-order chi connectivity index (χ1) is 13.7. The number of aromatic nitrogens is 1. The summed E-state index contributed by atoms with van der Waals surface area (Å²) in [5, 5.41) is 7.12. The molecule has 158 valence electrons. The number of carboxylic acid groups (broad SMARTS) is 1. The van der Waals surface area contributed by atoms with E-state index in [0.29, 0.717) is 6.42 Å². The monoisotopic (exact) mass is 414 g/mol. The van der Waals surface area contributed by atoms with Crippen molar-refractivity contribution in [2.24, 2.45) is 0 Å². The molecule has 3 aliphatic heterocycles. The second kappa shape index (κ2) is 8.26. The van der Waals surface area contributed by atoms with Crippen LogP contribution in [0.1, 0.15) is 25.7 Å². The molecule has 29 heavy (non-hydrogen) atoms. The molecule has 1 aromatic heterocycles. The summed E-state index contributed by atoms with van der Waals surface area (Å²) in [7, 11) is 0. The molecule has 2 atom stereocenters. The Morgan fingerprint density at radius 3 is 2.34 bits per heavy atom. The minimum Gasteiger partial charge on any atom is -0.475 e. The van der Waals surface area contributed by atoms with Gasteiger partial charge < -0.3 is 19.8 Å². The Morgan fingerprint density at radius 1 is 1.14 bits per heavy atom. The first-order valence-corrected chi connectivity index (χ1v) is 9.28. The lowest BCUT2D eigenvalue weighted by Crippen LogP contribution is -2.46. The fraction of sp³-hybridized carbons (Fsp3) is 0.556. The van der Waals surface area contributed by atoms with Gasteiger partial charge >= 0.3 is 18.2 Å². The molecule has 3 fully saturated rings. The van der Waals surface area contributed by atoms with E-state index in [4.69, 9.17) is 9.90 Å². The van der Waals surface area contributed by atoms with E-state index in [1.807, 2.05) is 26.8 Å². The molecule has 0 aliphatic carbocycles. The number of anilines is 1. The number of alkyl halides is 3. The maximum Gasteiger partial charge on any atom is 0.490 e. The lowest BCUT2D eigenvalue weighted by Gasteiger charge is -2.28. The summed E-state index contributed by atoms with van der Waals surface area (Å²) < 4.78 is 31.7. The molecule has 0 spiro atoms. The van der Waals surface area contributed by atoms with Gasteiger partial charge in [-0.1, -0.05) is 0 Å². The standard InChI is InChI=1S/C16H20N4O2.C2HF3O2/c21-15-10-14-13(20(15)12-4-3-6-17-11-12)5-9-19(14)16(22)18-7-1-2-8-18;3-2(4,5)1(6)7/h3-4,6,11,13-14H,1-2,5,7-10H2;(H,6,7)/t13-,14+;/m0./s1. The third-order valence-corrected chi connectivity index (χ3v) is 5.28. The van der Waals surface area contributed by atoms with Crippen LogP contribution in [0.25, 0.3) is 0 Å². The van der Waals surface area contributed by atoms with E-state index in [0.717, 1.165) is 44.6 Å². The van der Waals surface area contributed by atoms with Gasteiger partial charge in [0.2, 0.25) is 5.91 Å². The Hall–Kier alpha value is -2.85. The Bertz CT molecular complexity index is 768. The fourth-order valence-corrected chi connectivity index (χ4v) is 4.01. The lowest BCUT2D eigenvalue weighted by molar-refractivity contribution is -0.192. The van der Waals surface area contributed by atoms with E-state index in [2.05, 4.69) is 4.98 Å². The highest BCUT2D eigenvalue weighted by molar-refractivity contribution is 5.98. The molecule has 0 bridgehead atoms. The number of hydrogen-bond donors (Lipinski definition) is 1.